The molecule has 2 heterocycles. The summed E-state index contributed by atoms with van der Waals surface area (Å²) >= 11 is 0. The van der Waals surface area contributed by atoms with Crippen LogP contribution in [0.2, 0.25) is 0 Å². The Bertz CT molecular complexity index is 951. The van der Waals surface area contributed by atoms with Gasteiger partial charge in [-0.05, 0) is 61.5 Å². The minimum Gasteiger partial charge on any atom is -0.364 e. The van der Waals surface area contributed by atoms with Crippen LogP contribution < -0.4 is 16.2 Å². The molecule has 1 atom stereocenters. The average Bonchev–Trinajstić information content (AvgIpc) is 3.63. The van der Waals surface area contributed by atoms with Gasteiger partial charge in [-0.15, -0.1) is 0 Å². The lowest BCUT2D eigenvalue weighted by atomic mass is 9.99. The van der Waals surface area contributed by atoms with Crippen molar-refractivity contribution in [2.75, 3.05) is 18.0 Å². The van der Waals surface area contributed by atoms with Crippen LogP contribution in [0.4, 0.5) is 5.95 Å². The molecule has 6 nitrogen and oxygen atoms in total. The number of primary amides is 1. The van der Waals surface area contributed by atoms with Crippen LogP contribution in [-0.4, -0.2) is 28.5 Å². The summed E-state index contributed by atoms with van der Waals surface area (Å²) in [6.07, 6.45) is 6.92. The quantitative estimate of drug-likeness (QED) is 0.838. The molecule has 146 valence electrons. The summed E-state index contributed by atoms with van der Waals surface area (Å²) in [5.74, 6) is 1.10. The van der Waals surface area contributed by atoms with Gasteiger partial charge in [0.05, 0.1) is 6.04 Å². The molecule has 2 aliphatic carbocycles. The highest BCUT2D eigenvalue weighted by Gasteiger charge is 2.37. The Balaban J connectivity index is 1.61. The Kier molecular flexibility index (Phi) is 4.22. The second-order valence-electron chi connectivity index (χ2n) is 8.43. The zero-order chi connectivity index (χ0) is 19.3. The summed E-state index contributed by atoms with van der Waals surface area (Å²) in [5, 5.41) is 0. The van der Waals surface area contributed by atoms with Gasteiger partial charge in [-0.3, -0.25) is 14.2 Å². The molecule has 2 aromatic rings. The van der Waals surface area contributed by atoms with E-state index in [0.717, 1.165) is 44.3 Å². The number of nitrogens with two attached hydrogens (primary N) is 1. The van der Waals surface area contributed by atoms with E-state index in [4.69, 9.17) is 5.73 Å². The highest BCUT2D eigenvalue weighted by molar-refractivity contribution is 5.90. The zero-order valence-electron chi connectivity index (χ0n) is 16.0. The fourth-order valence-electron chi connectivity index (χ4n) is 4.43. The Hall–Kier alpha value is -2.63. The van der Waals surface area contributed by atoms with Gasteiger partial charge in [0, 0.05) is 19.2 Å². The van der Waals surface area contributed by atoms with Gasteiger partial charge in [-0.1, -0.05) is 24.3 Å². The van der Waals surface area contributed by atoms with E-state index in [1.165, 1.54) is 24.5 Å². The molecule has 0 unspecified atom stereocenters. The van der Waals surface area contributed by atoms with Crippen molar-refractivity contribution in [3.05, 3.63) is 57.5 Å². The Morgan fingerprint density at radius 3 is 2.32 bits per heavy atom. The topological polar surface area (TPSA) is 81.2 Å². The van der Waals surface area contributed by atoms with Crippen LogP contribution in [0, 0.1) is 5.92 Å². The number of aromatic nitrogens is 2. The first kappa shape index (κ1) is 17.5. The van der Waals surface area contributed by atoms with Gasteiger partial charge in [-0.2, -0.15) is 0 Å². The molecule has 2 N–H and O–H groups in total. The number of carbonyl (C=O) groups excluding carboxylic acids is 1. The number of nitrogens with zero attached hydrogens (tertiary/aromatic N) is 3. The predicted octanol–water partition coefficient (Wildman–Crippen LogP) is 2.82. The van der Waals surface area contributed by atoms with Crippen molar-refractivity contribution >= 4 is 11.9 Å². The van der Waals surface area contributed by atoms with Crippen molar-refractivity contribution in [1.29, 1.82) is 0 Å². The van der Waals surface area contributed by atoms with Crippen LogP contribution in [0.25, 0.3) is 0 Å². The van der Waals surface area contributed by atoms with E-state index in [0.29, 0.717) is 17.8 Å². The molecule has 0 bridgehead atoms. The molecule has 1 amide bonds. The van der Waals surface area contributed by atoms with Gasteiger partial charge in [-0.25, -0.2) is 4.98 Å². The van der Waals surface area contributed by atoms with Crippen LogP contribution in [0.1, 0.15) is 72.1 Å². The van der Waals surface area contributed by atoms with Gasteiger partial charge in [0.25, 0.3) is 11.5 Å². The standard InChI is InChI=1S/C22H26N4O2/c23-21(28)18-13-19(27)26(22(24-18)25-11-1-2-12-25)20(17-9-10-17)16-7-5-15(6-8-16)14-3-4-14/h5-8,13-14,17,20H,1-4,9-12H2,(H2,23,28)/t20-/m0/s1. The summed E-state index contributed by atoms with van der Waals surface area (Å²) in [6.45, 7) is 1.71. The molecule has 5 rings (SSSR count). The molecule has 3 fully saturated rings. The molecular weight excluding hydrogens is 352 g/mol. The lowest BCUT2D eigenvalue weighted by Crippen LogP contribution is -2.36. The molecule has 1 aromatic heterocycles. The van der Waals surface area contributed by atoms with Gasteiger partial charge in [0.15, 0.2) is 0 Å². The molecule has 0 spiro atoms. The highest BCUT2D eigenvalue weighted by atomic mass is 16.1. The Labute approximate surface area is 164 Å². The largest absolute Gasteiger partial charge is 0.364 e. The van der Waals surface area contributed by atoms with Crippen LogP contribution in [0.3, 0.4) is 0 Å². The number of anilines is 1. The summed E-state index contributed by atoms with van der Waals surface area (Å²) in [6, 6.07) is 10.1. The van der Waals surface area contributed by atoms with E-state index in [2.05, 4.69) is 34.1 Å². The van der Waals surface area contributed by atoms with E-state index in [1.54, 1.807) is 0 Å². The van der Waals surface area contributed by atoms with Gasteiger partial charge >= 0.3 is 0 Å². The summed E-state index contributed by atoms with van der Waals surface area (Å²) in [5.41, 5.74) is 7.86. The fourth-order valence-corrected chi connectivity index (χ4v) is 4.43. The Morgan fingerprint density at radius 2 is 1.75 bits per heavy atom. The van der Waals surface area contributed by atoms with Crippen molar-refractivity contribution < 1.29 is 4.79 Å². The lowest BCUT2D eigenvalue weighted by Gasteiger charge is -2.28. The number of amides is 1. The predicted molar refractivity (Wildman–Crippen MR) is 108 cm³/mol. The molecule has 6 heteroatoms. The minimum atomic E-state index is -0.651. The summed E-state index contributed by atoms with van der Waals surface area (Å²) in [4.78, 5) is 31.5. The first-order valence-corrected chi connectivity index (χ1v) is 10.4. The number of rotatable bonds is 6. The van der Waals surface area contributed by atoms with E-state index in [-0.39, 0.29) is 17.3 Å². The normalized spacial score (nSPS) is 20.4. The minimum absolute atomic E-state index is 0.0363. The molecule has 1 saturated heterocycles. The number of benzene rings is 1. The SMILES string of the molecule is NC(=O)c1cc(=O)n([C@@H](c2ccc(C3CC3)cc2)C2CC2)c(N2CCCC2)n1. The van der Waals surface area contributed by atoms with E-state index in [1.807, 2.05) is 4.57 Å². The van der Waals surface area contributed by atoms with Gasteiger partial charge in [0.1, 0.15) is 5.69 Å². The monoisotopic (exact) mass is 378 g/mol. The van der Waals surface area contributed by atoms with Crippen LogP contribution >= 0.6 is 0 Å². The second kappa shape index (κ2) is 6.76. The van der Waals surface area contributed by atoms with Crippen molar-refractivity contribution in [2.45, 2.75) is 50.5 Å². The van der Waals surface area contributed by atoms with Crippen LogP contribution in [0.15, 0.2) is 35.1 Å². The molecular formula is C22H26N4O2. The Morgan fingerprint density at radius 1 is 1.07 bits per heavy atom. The maximum absolute atomic E-state index is 13.1. The van der Waals surface area contributed by atoms with E-state index >= 15 is 0 Å². The van der Waals surface area contributed by atoms with E-state index < -0.39 is 5.91 Å². The molecule has 28 heavy (non-hydrogen) atoms. The molecule has 2 saturated carbocycles. The molecule has 1 aliphatic heterocycles. The van der Waals surface area contributed by atoms with Crippen molar-refractivity contribution in [3.8, 4) is 0 Å². The maximum Gasteiger partial charge on any atom is 0.267 e. The number of carbonyl (C=O) groups is 1. The van der Waals surface area contributed by atoms with Gasteiger partial charge < -0.3 is 10.6 Å². The summed E-state index contributed by atoms with van der Waals surface area (Å²) in [7, 11) is 0. The summed E-state index contributed by atoms with van der Waals surface area (Å²) < 4.78 is 1.82. The van der Waals surface area contributed by atoms with Crippen molar-refractivity contribution in [2.24, 2.45) is 11.7 Å². The number of hydrogen-bond acceptors (Lipinski definition) is 4. The van der Waals surface area contributed by atoms with Crippen molar-refractivity contribution in [1.82, 2.24) is 9.55 Å². The first-order valence-electron chi connectivity index (χ1n) is 10.4. The fraction of sp³-hybridized carbons (Fsp3) is 0.500. The van der Waals surface area contributed by atoms with Crippen molar-refractivity contribution in [3.63, 3.8) is 0 Å². The highest BCUT2D eigenvalue weighted by Crippen LogP contribution is 2.45. The molecule has 1 aromatic carbocycles. The molecule has 3 aliphatic rings. The van der Waals surface area contributed by atoms with E-state index in [9.17, 15) is 9.59 Å². The number of hydrogen-bond donors (Lipinski definition) is 1. The third kappa shape index (κ3) is 3.21. The maximum atomic E-state index is 13.1. The smallest absolute Gasteiger partial charge is 0.267 e. The lowest BCUT2D eigenvalue weighted by molar-refractivity contribution is 0.0995. The first-order chi connectivity index (χ1) is 13.6. The molecule has 0 radical (unpaired) electrons. The third-order valence-electron chi connectivity index (χ3n) is 6.25. The van der Waals surface area contributed by atoms with Crippen LogP contribution in [-0.2, 0) is 0 Å². The van der Waals surface area contributed by atoms with Gasteiger partial charge in [0.2, 0.25) is 5.95 Å². The second-order valence-corrected chi connectivity index (χ2v) is 8.43. The van der Waals surface area contributed by atoms with Crippen LogP contribution in [0.5, 0.6) is 0 Å². The third-order valence-corrected chi connectivity index (χ3v) is 6.25. The zero-order valence-corrected chi connectivity index (χ0v) is 16.0. The average molecular weight is 378 g/mol.